The third-order valence-electron chi connectivity index (χ3n) is 4.29. The topological polar surface area (TPSA) is 49.4 Å². The molecular weight excluding hydrogens is 359 g/mol. The molecule has 3 rings (SSSR count). The molecule has 0 saturated carbocycles. The quantitative estimate of drug-likeness (QED) is 0.846. The van der Waals surface area contributed by atoms with Crippen molar-refractivity contribution in [3.05, 3.63) is 63.6 Å². The average Bonchev–Trinajstić information content (AvgIpc) is 3.01. The number of halogens is 2. The normalized spacial score (nSPS) is 15.3. The Bertz CT molecular complexity index is 806. The summed E-state index contributed by atoms with van der Waals surface area (Å²) >= 11 is 12.1. The monoisotopic (exact) mass is 376 g/mol. The summed E-state index contributed by atoms with van der Waals surface area (Å²) < 4.78 is 0. The van der Waals surface area contributed by atoms with E-state index in [4.69, 9.17) is 23.2 Å². The van der Waals surface area contributed by atoms with Crippen molar-refractivity contribution in [1.82, 2.24) is 5.32 Å². The molecule has 1 heterocycles. The molecule has 1 aliphatic heterocycles. The summed E-state index contributed by atoms with van der Waals surface area (Å²) in [5, 5.41) is 4.07. The average molecular weight is 377 g/mol. The number of hydrogen-bond acceptors (Lipinski definition) is 2. The molecule has 0 radical (unpaired) electrons. The van der Waals surface area contributed by atoms with Crippen molar-refractivity contribution in [3.8, 4) is 0 Å². The Labute approximate surface area is 156 Å². The molecule has 1 fully saturated rings. The number of amides is 2. The largest absolute Gasteiger partial charge is 0.346 e. The van der Waals surface area contributed by atoms with Crippen LogP contribution in [0.1, 0.15) is 41.7 Å². The van der Waals surface area contributed by atoms with Crippen LogP contribution in [0.5, 0.6) is 0 Å². The van der Waals surface area contributed by atoms with E-state index in [1.165, 1.54) is 0 Å². The number of carbonyl (C=O) groups is 2. The van der Waals surface area contributed by atoms with Crippen LogP contribution in [0.2, 0.25) is 10.0 Å². The summed E-state index contributed by atoms with van der Waals surface area (Å²) in [6, 6.07) is 12.2. The Morgan fingerprint density at radius 3 is 2.52 bits per heavy atom. The highest BCUT2D eigenvalue weighted by Gasteiger charge is 2.24. The Hall–Kier alpha value is -2.04. The van der Waals surface area contributed by atoms with Crippen molar-refractivity contribution in [1.29, 1.82) is 0 Å². The summed E-state index contributed by atoms with van der Waals surface area (Å²) in [5.41, 5.74) is 2.03. The fraction of sp³-hybridized carbons (Fsp3) is 0.263. The van der Waals surface area contributed by atoms with E-state index >= 15 is 0 Å². The molecule has 0 spiro atoms. The summed E-state index contributed by atoms with van der Waals surface area (Å²) in [6.45, 7) is 2.53. The molecule has 1 saturated heterocycles. The van der Waals surface area contributed by atoms with Crippen molar-refractivity contribution < 1.29 is 9.59 Å². The summed E-state index contributed by atoms with van der Waals surface area (Å²) in [4.78, 5) is 26.2. The van der Waals surface area contributed by atoms with Gasteiger partial charge in [0.25, 0.3) is 5.91 Å². The molecule has 25 heavy (non-hydrogen) atoms. The zero-order valence-electron chi connectivity index (χ0n) is 13.8. The van der Waals surface area contributed by atoms with E-state index in [1.54, 1.807) is 35.2 Å². The molecule has 2 aromatic rings. The molecule has 0 aliphatic carbocycles. The molecule has 1 atom stereocenters. The van der Waals surface area contributed by atoms with E-state index in [1.807, 2.05) is 19.1 Å². The van der Waals surface area contributed by atoms with E-state index in [9.17, 15) is 9.59 Å². The molecule has 2 aromatic carbocycles. The van der Waals surface area contributed by atoms with Gasteiger partial charge in [-0.05, 0) is 49.2 Å². The second-order valence-electron chi connectivity index (χ2n) is 6.06. The smallest absolute Gasteiger partial charge is 0.251 e. The first-order valence-electron chi connectivity index (χ1n) is 8.12. The van der Waals surface area contributed by atoms with Crippen LogP contribution in [-0.4, -0.2) is 18.4 Å². The van der Waals surface area contributed by atoms with Crippen LogP contribution in [0.3, 0.4) is 0 Å². The van der Waals surface area contributed by atoms with Gasteiger partial charge < -0.3 is 10.2 Å². The van der Waals surface area contributed by atoms with Gasteiger partial charge in [-0.1, -0.05) is 35.3 Å². The highest BCUT2D eigenvalue weighted by molar-refractivity contribution is 6.34. The van der Waals surface area contributed by atoms with Crippen molar-refractivity contribution in [2.45, 2.75) is 25.8 Å². The highest BCUT2D eigenvalue weighted by Crippen LogP contribution is 2.30. The molecule has 6 heteroatoms. The second-order valence-corrected chi connectivity index (χ2v) is 6.91. The fourth-order valence-corrected chi connectivity index (χ4v) is 3.22. The zero-order valence-corrected chi connectivity index (χ0v) is 15.3. The first-order chi connectivity index (χ1) is 12.0. The summed E-state index contributed by atoms with van der Waals surface area (Å²) in [7, 11) is 0. The second kappa shape index (κ2) is 7.46. The lowest BCUT2D eigenvalue weighted by molar-refractivity contribution is -0.117. The first-order valence-corrected chi connectivity index (χ1v) is 8.87. The van der Waals surface area contributed by atoms with Gasteiger partial charge in [-0.3, -0.25) is 9.59 Å². The molecule has 1 aliphatic rings. The molecule has 2 amide bonds. The maximum Gasteiger partial charge on any atom is 0.251 e. The summed E-state index contributed by atoms with van der Waals surface area (Å²) in [6.07, 6.45) is 1.32. The van der Waals surface area contributed by atoms with Gasteiger partial charge in [0.15, 0.2) is 0 Å². The van der Waals surface area contributed by atoms with Crippen molar-refractivity contribution >= 4 is 40.7 Å². The van der Waals surface area contributed by atoms with E-state index in [0.29, 0.717) is 34.3 Å². The third-order valence-corrected chi connectivity index (χ3v) is 4.86. The maximum atomic E-state index is 12.6. The van der Waals surface area contributed by atoms with Crippen molar-refractivity contribution in [3.63, 3.8) is 0 Å². The van der Waals surface area contributed by atoms with Gasteiger partial charge in [0, 0.05) is 23.6 Å². The number of carbonyl (C=O) groups excluding carboxylic acids is 2. The number of nitrogens with one attached hydrogen (secondary N) is 1. The predicted octanol–water partition coefficient (Wildman–Crippen LogP) is 4.61. The lowest BCUT2D eigenvalue weighted by Crippen LogP contribution is -2.28. The van der Waals surface area contributed by atoms with Gasteiger partial charge in [-0.15, -0.1) is 0 Å². The first kappa shape index (κ1) is 17.8. The van der Waals surface area contributed by atoms with Gasteiger partial charge in [-0.2, -0.15) is 0 Å². The van der Waals surface area contributed by atoms with E-state index in [2.05, 4.69) is 5.32 Å². The minimum atomic E-state index is -0.216. The molecular formula is C19H18Cl2N2O2. The van der Waals surface area contributed by atoms with Crippen LogP contribution in [0, 0.1) is 0 Å². The highest BCUT2D eigenvalue weighted by atomic mass is 35.5. The lowest BCUT2D eigenvalue weighted by atomic mass is 10.1. The Morgan fingerprint density at radius 1 is 1.16 bits per heavy atom. The number of anilines is 1. The molecule has 1 N–H and O–H groups in total. The van der Waals surface area contributed by atoms with Crippen LogP contribution in [0.15, 0.2) is 42.5 Å². The van der Waals surface area contributed by atoms with Gasteiger partial charge in [0.1, 0.15) is 0 Å². The van der Waals surface area contributed by atoms with Gasteiger partial charge in [-0.25, -0.2) is 0 Å². The SMILES string of the molecule is CC(NC(=O)c1ccc(Cl)c(N2CCCC2=O)c1)c1ccc(Cl)cc1. The van der Waals surface area contributed by atoms with Crippen LogP contribution >= 0.6 is 23.2 Å². The van der Waals surface area contributed by atoms with E-state index in [-0.39, 0.29) is 17.9 Å². The number of hydrogen-bond donors (Lipinski definition) is 1. The Morgan fingerprint density at radius 2 is 1.88 bits per heavy atom. The number of rotatable bonds is 4. The molecule has 130 valence electrons. The van der Waals surface area contributed by atoms with Crippen molar-refractivity contribution in [2.75, 3.05) is 11.4 Å². The number of nitrogens with zero attached hydrogens (tertiary/aromatic N) is 1. The zero-order chi connectivity index (χ0) is 18.0. The van der Waals surface area contributed by atoms with Crippen LogP contribution in [-0.2, 0) is 4.79 Å². The predicted molar refractivity (Wildman–Crippen MR) is 100 cm³/mol. The van der Waals surface area contributed by atoms with Gasteiger partial charge in [0.2, 0.25) is 5.91 Å². The van der Waals surface area contributed by atoms with Gasteiger partial charge >= 0.3 is 0 Å². The van der Waals surface area contributed by atoms with Gasteiger partial charge in [0.05, 0.1) is 16.8 Å². The fourth-order valence-electron chi connectivity index (χ4n) is 2.88. The summed E-state index contributed by atoms with van der Waals surface area (Å²) in [5.74, 6) is -0.180. The minimum Gasteiger partial charge on any atom is -0.346 e. The Kier molecular flexibility index (Phi) is 5.30. The molecule has 1 unspecified atom stereocenters. The Balaban J connectivity index is 1.78. The maximum absolute atomic E-state index is 12.6. The third kappa shape index (κ3) is 3.97. The van der Waals surface area contributed by atoms with Crippen LogP contribution in [0.4, 0.5) is 5.69 Å². The lowest BCUT2D eigenvalue weighted by Gasteiger charge is -2.19. The van der Waals surface area contributed by atoms with Crippen LogP contribution in [0.25, 0.3) is 0 Å². The minimum absolute atomic E-state index is 0.0361. The van der Waals surface area contributed by atoms with E-state index < -0.39 is 0 Å². The van der Waals surface area contributed by atoms with Crippen LogP contribution < -0.4 is 10.2 Å². The standard InChI is InChI=1S/C19H18Cl2N2O2/c1-12(13-4-7-15(20)8-5-13)22-19(25)14-6-9-16(21)17(11-14)23-10-2-3-18(23)24/h4-9,11-12H,2-3,10H2,1H3,(H,22,25). The molecule has 4 nitrogen and oxygen atoms in total. The van der Waals surface area contributed by atoms with E-state index in [0.717, 1.165) is 12.0 Å². The number of benzene rings is 2. The molecule has 0 bridgehead atoms. The van der Waals surface area contributed by atoms with Crippen molar-refractivity contribution in [2.24, 2.45) is 0 Å². The molecule has 0 aromatic heterocycles.